The standard InChI is InChI=1S/C19H20N2O3S/c1-20-18-8-7-17(12-15(18)6-9-19(20)22)25(23,24)21-11-10-14-4-2-3-5-16(14)13-21/h2-5,7-8,12H,6,9-11,13H2,1H3. The second kappa shape index (κ2) is 5.97. The van der Waals surface area contributed by atoms with E-state index < -0.39 is 10.0 Å². The fourth-order valence-electron chi connectivity index (χ4n) is 3.62. The van der Waals surface area contributed by atoms with Crippen molar-refractivity contribution in [3.63, 3.8) is 0 Å². The van der Waals surface area contributed by atoms with Crippen LogP contribution < -0.4 is 4.90 Å². The molecule has 2 heterocycles. The number of fused-ring (bicyclic) bond motifs is 2. The van der Waals surface area contributed by atoms with Crippen LogP contribution in [0, 0.1) is 0 Å². The molecule has 0 saturated heterocycles. The van der Waals surface area contributed by atoms with Crippen LogP contribution in [-0.2, 0) is 34.2 Å². The summed E-state index contributed by atoms with van der Waals surface area (Å²) in [6.45, 7) is 0.906. The zero-order valence-corrected chi connectivity index (χ0v) is 14.9. The molecule has 2 aromatic rings. The molecule has 0 aromatic heterocycles. The Bertz CT molecular complexity index is 953. The second-order valence-electron chi connectivity index (χ2n) is 6.60. The lowest BCUT2D eigenvalue weighted by Gasteiger charge is -2.29. The maximum absolute atomic E-state index is 13.1. The van der Waals surface area contributed by atoms with Crippen LogP contribution >= 0.6 is 0 Å². The van der Waals surface area contributed by atoms with Crippen molar-refractivity contribution in [1.82, 2.24) is 4.31 Å². The molecule has 4 rings (SSSR count). The highest BCUT2D eigenvalue weighted by Gasteiger charge is 2.30. The van der Waals surface area contributed by atoms with E-state index in [1.807, 2.05) is 18.2 Å². The van der Waals surface area contributed by atoms with Gasteiger partial charge in [0.05, 0.1) is 4.90 Å². The Morgan fingerprint density at radius 1 is 0.920 bits per heavy atom. The fraction of sp³-hybridized carbons (Fsp3) is 0.316. The minimum absolute atomic E-state index is 0.0655. The zero-order valence-electron chi connectivity index (χ0n) is 14.1. The number of nitrogens with zero attached hydrogens (tertiary/aromatic N) is 2. The summed E-state index contributed by atoms with van der Waals surface area (Å²) in [6.07, 6.45) is 1.74. The Kier molecular flexibility index (Phi) is 3.89. The number of rotatable bonds is 2. The van der Waals surface area contributed by atoms with Crippen LogP contribution in [-0.4, -0.2) is 32.2 Å². The van der Waals surface area contributed by atoms with Gasteiger partial charge >= 0.3 is 0 Å². The lowest BCUT2D eigenvalue weighted by atomic mass is 10.0. The first-order chi connectivity index (χ1) is 12.0. The quantitative estimate of drug-likeness (QED) is 0.830. The Hall–Kier alpha value is -2.18. The van der Waals surface area contributed by atoms with Gasteiger partial charge in [-0.3, -0.25) is 4.79 Å². The molecule has 25 heavy (non-hydrogen) atoms. The highest BCUT2D eigenvalue weighted by Crippen LogP contribution is 2.31. The van der Waals surface area contributed by atoms with E-state index in [-0.39, 0.29) is 5.91 Å². The van der Waals surface area contributed by atoms with E-state index in [2.05, 4.69) is 6.07 Å². The van der Waals surface area contributed by atoms with Crippen molar-refractivity contribution in [3.8, 4) is 0 Å². The van der Waals surface area contributed by atoms with Crippen LogP contribution in [0.2, 0.25) is 0 Å². The van der Waals surface area contributed by atoms with E-state index in [9.17, 15) is 13.2 Å². The van der Waals surface area contributed by atoms with E-state index in [0.29, 0.717) is 30.8 Å². The first-order valence-corrected chi connectivity index (χ1v) is 9.87. The number of benzene rings is 2. The van der Waals surface area contributed by atoms with Gasteiger partial charge in [-0.25, -0.2) is 8.42 Å². The van der Waals surface area contributed by atoms with Crippen LogP contribution in [0.1, 0.15) is 23.1 Å². The summed E-state index contributed by atoms with van der Waals surface area (Å²) >= 11 is 0. The number of anilines is 1. The van der Waals surface area contributed by atoms with Crippen molar-refractivity contribution >= 4 is 21.6 Å². The summed E-state index contributed by atoms with van der Waals surface area (Å²) in [4.78, 5) is 13.7. The SMILES string of the molecule is CN1C(=O)CCc2cc(S(=O)(=O)N3CCc4ccccc4C3)ccc21. The summed E-state index contributed by atoms with van der Waals surface area (Å²) in [5.74, 6) is 0.0655. The van der Waals surface area contributed by atoms with Crippen LogP contribution in [0.3, 0.4) is 0 Å². The van der Waals surface area contributed by atoms with Crippen LogP contribution in [0.4, 0.5) is 5.69 Å². The van der Waals surface area contributed by atoms with E-state index in [4.69, 9.17) is 0 Å². The predicted molar refractivity (Wildman–Crippen MR) is 95.9 cm³/mol. The highest BCUT2D eigenvalue weighted by molar-refractivity contribution is 7.89. The first kappa shape index (κ1) is 16.3. The van der Waals surface area contributed by atoms with Crippen molar-refractivity contribution in [2.45, 2.75) is 30.7 Å². The van der Waals surface area contributed by atoms with Gasteiger partial charge in [-0.1, -0.05) is 24.3 Å². The molecule has 130 valence electrons. The van der Waals surface area contributed by atoms with Gasteiger partial charge in [-0.2, -0.15) is 4.31 Å². The predicted octanol–water partition coefficient (Wildman–Crippen LogP) is 2.34. The maximum Gasteiger partial charge on any atom is 0.243 e. The van der Waals surface area contributed by atoms with E-state index >= 15 is 0 Å². The molecule has 5 nitrogen and oxygen atoms in total. The minimum atomic E-state index is -3.54. The summed E-state index contributed by atoms with van der Waals surface area (Å²) in [7, 11) is -1.81. The summed E-state index contributed by atoms with van der Waals surface area (Å²) in [6, 6.07) is 13.1. The number of carbonyl (C=O) groups excluding carboxylic acids is 1. The smallest absolute Gasteiger partial charge is 0.243 e. The molecule has 2 aliphatic rings. The molecule has 0 aliphatic carbocycles. The summed E-state index contributed by atoms with van der Waals surface area (Å²) < 4.78 is 27.7. The van der Waals surface area contributed by atoms with E-state index in [0.717, 1.165) is 23.2 Å². The molecule has 0 fully saturated rings. The van der Waals surface area contributed by atoms with Crippen LogP contribution in [0.25, 0.3) is 0 Å². The number of aryl methyl sites for hydroxylation is 1. The van der Waals surface area contributed by atoms with Gasteiger partial charge in [0.2, 0.25) is 15.9 Å². The molecular formula is C19H20N2O3S. The molecule has 6 heteroatoms. The normalized spacial score (nSPS) is 18.0. The lowest BCUT2D eigenvalue weighted by Crippen LogP contribution is -2.36. The summed E-state index contributed by atoms with van der Waals surface area (Å²) in [5.41, 5.74) is 4.01. The van der Waals surface area contributed by atoms with Gasteiger partial charge in [0.25, 0.3) is 0 Å². The highest BCUT2D eigenvalue weighted by atomic mass is 32.2. The van der Waals surface area contributed by atoms with Gasteiger partial charge in [0.1, 0.15) is 0 Å². The van der Waals surface area contributed by atoms with Gasteiger partial charge in [0.15, 0.2) is 0 Å². The molecule has 2 aliphatic heterocycles. The lowest BCUT2D eigenvalue weighted by molar-refractivity contribution is -0.118. The average Bonchev–Trinajstić information content (AvgIpc) is 2.64. The Balaban J connectivity index is 1.67. The van der Waals surface area contributed by atoms with Crippen molar-refractivity contribution in [1.29, 1.82) is 0 Å². The molecule has 0 unspecified atom stereocenters. The third-order valence-corrected chi connectivity index (χ3v) is 6.97. The van der Waals surface area contributed by atoms with Gasteiger partial charge < -0.3 is 4.90 Å². The largest absolute Gasteiger partial charge is 0.315 e. The Morgan fingerprint density at radius 3 is 2.48 bits per heavy atom. The molecule has 0 bridgehead atoms. The fourth-order valence-corrected chi connectivity index (χ4v) is 5.09. The number of hydrogen-bond acceptors (Lipinski definition) is 3. The molecule has 0 radical (unpaired) electrons. The molecule has 0 atom stereocenters. The molecule has 0 saturated carbocycles. The molecule has 1 amide bonds. The third kappa shape index (κ3) is 2.75. The van der Waals surface area contributed by atoms with Crippen LogP contribution in [0.5, 0.6) is 0 Å². The third-order valence-electron chi connectivity index (χ3n) is 5.13. The monoisotopic (exact) mass is 356 g/mol. The number of sulfonamides is 1. The topological polar surface area (TPSA) is 57.7 Å². The summed E-state index contributed by atoms with van der Waals surface area (Å²) in [5, 5.41) is 0. The Morgan fingerprint density at radius 2 is 1.68 bits per heavy atom. The van der Waals surface area contributed by atoms with Gasteiger partial charge in [-0.15, -0.1) is 0 Å². The first-order valence-electron chi connectivity index (χ1n) is 8.43. The molecule has 0 spiro atoms. The van der Waals surface area contributed by atoms with Crippen molar-refractivity contribution in [2.24, 2.45) is 0 Å². The van der Waals surface area contributed by atoms with Gasteiger partial charge in [-0.05, 0) is 47.7 Å². The maximum atomic E-state index is 13.1. The van der Waals surface area contributed by atoms with E-state index in [1.165, 1.54) is 5.56 Å². The van der Waals surface area contributed by atoms with Crippen molar-refractivity contribution in [2.75, 3.05) is 18.5 Å². The average molecular weight is 356 g/mol. The van der Waals surface area contributed by atoms with Crippen molar-refractivity contribution in [3.05, 3.63) is 59.2 Å². The zero-order chi connectivity index (χ0) is 17.6. The second-order valence-corrected chi connectivity index (χ2v) is 8.54. The molecular weight excluding hydrogens is 336 g/mol. The van der Waals surface area contributed by atoms with Gasteiger partial charge in [0, 0.05) is 32.2 Å². The van der Waals surface area contributed by atoms with E-state index in [1.54, 1.807) is 34.5 Å². The number of amides is 1. The van der Waals surface area contributed by atoms with Crippen molar-refractivity contribution < 1.29 is 13.2 Å². The molecule has 2 aromatic carbocycles. The number of hydrogen-bond donors (Lipinski definition) is 0. The Labute approximate surface area is 147 Å². The van der Waals surface area contributed by atoms with Crippen LogP contribution in [0.15, 0.2) is 47.4 Å². The number of carbonyl (C=O) groups is 1. The molecule has 0 N–H and O–H groups in total. The minimum Gasteiger partial charge on any atom is -0.315 e.